The van der Waals surface area contributed by atoms with E-state index in [2.05, 4.69) is 4.74 Å². The van der Waals surface area contributed by atoms with Crippen LogP contribution in [0.3, 0.4) is 0 Å². The first kappa shape index (κ1) is 13.1. The van der Waals surface area contributed by atoms with Crippen LogP contribution in [0.4, 0.5) is 4.39 Å². The van der Waals surface area contributed by atoms with Gasteiger partial charge in [0.25, 0.3) is 0 Å². The minimum Gasteiger partial charge on any atom is -0.466 e. The largest absolute Gasteiger partial charge is 0.466 e. The van der Waals surface area contributed by atoms with Crippen LogP contribution >= 0.6 is 0 Å². The lowest BCUT2D eigenvalue weighted by Crippen LogP contribution is -2.04. The molecular formula is C11H19FO2. The second-order valence-electron chi connectivity index (χ2n) is 3.16. The van der Waals surface area contributed by atoms with E-state index in [1.165, 1.54) is 7.11 Å². The summed E-state index contributed by atoms with van der Waals surface area (Å²) in [6, 6.07) is 0. The lowest BCUT2D eigenvalue weighted by atomic mass is 10.1. The molecule has 0 heterocycles. The highest BCUT2D eigenvalue weighted by Crippen LogP contribution is 2.09. The van der Waals surface area contributed by atoms with Crippen molar-refractivity contribution in [3.8, 4) is 0 Å². The monoisotopic (exact) mass is 202 g/mol. The van der Waals surface area contributed by atoms with Gasteiger partial charge in [-0.2, -0.15) is 0 Å². The van der Waals surface area contributed by atoms with Crippen LogP contribution in [0.5, 0.6) is 0 Å². The lowest BCUT2D eigenvalue weighted by Gasteiger charge is -2.03. The van der Waals surface area contributed by atoms with Crippen molar-refractivity contribution in [3.63, 3.8) is 0 Å². The molecule has 0 amide bonds. The van der Waals surface area contributed by atoms with Gasteiger partial charge in [-0.15, -0.1) is 0 Å². The molecule has 0 bridgehead atoms. The van der Waals surface area contributed by atoms with Gasteiger partial charge in [0.15, 0.2) is 0 Å². The van der Waals surface area contributed by atoms with Gasteiger partial charge in [-0.05, 0) is 25.7 Å². The summed E-state index contributed by atoms with van der Waals surface area (Å²) in [5, 5.41) is 0. The number of methoxy groups -OCH3 is 1. The fraction of sp³-hybridized carbons (Fsp3) is 0.727. The zero-order valence-electron chi connectivity index (χ0n) is 9.01. The van der Waals surface area contributed by atoms with E-state index in [1.54, 1.807) is 0 Å². The third kappa shape index (κ3) is 5.73. The van der Waals surface area contributed by atoms with Gasteiger partial charge >= 0.3 is 5.97 Å². The quantitative estimate of drug-likeness (QED) is 0.360. The van der Waals surface area contributed by atoms with E-state index in [4.69, 9.17) is 0 Å². The molecule has 0 aromatic heterocycles. The van der Waals surface area contributed by atoms with Crippen LogP contribution in [0.15, 0.2) is 11.6 Å². The molecule has 0 fully saturated rings. The second-order valence-corrected chi connectivity index (χ2v) is 3.16. The third-order valence-corrected chi connectivity index (χ3v) is 1.95. The molecule has 0 spiro atoms. The van der Waals surface area contributed by atoms with Crippen LogP contribution in [0.25, 0.3) is 0 Å². The topological polar surface area (TPSA) is 26.3 Å². The second kappa shape index (κ2) is 8.73. The standard InChI is InChI=1S/C11H19FO2/c1-3-7-10(11(13)14-2)8-5-4-6-9-12/h8H,3-7,9H2,1-2H3/b10-8+. The van der Waals surface area contributed by atoms with E-state index in [1.807, 2.05) is 13.0 Å². The van der Waals surface area contributed by atoms with Crippen LogP contribution in [0.1, 0.15) is 39.0 Å². The number of hydrogen-bond acceptors (Lipinski definition) is 2. The van der Waals surface area contributed by atoms with E-state index < -0.39 is 0 Å². The zero-order chi connectivity index (χ0) is 10.8. The molecule has 0 aromatic carbocycles. The van der Waals surface area contributed by atoms with Gasteiger partial charge in [0.1, 0.15) is 0 Å². The number of carbonyl (C=O) groups is 1. The molecule has 0 rings (SSSR count). The maximum Gasteiger partial charge on any atom is 0.333 e. The molecule has 0 aliphatic rings. The summed E-state index contributed by atoms with van der Waals surface area (Å²) < 4.78 is 16.4. The summed E-state index contributed by atoms with van der Waals surface area (Å²) in [6.45, 7) is 1.73. The van der Waals surface area contributed by atoms with Gasteiger partial charge in [-0.1, -0.05) is 19.4 Å². The molecule has 0 saturated carbocycles. The minimum atomic E-state index is -0.283. The van der Waals surface area contributed by atoms with Gasteiger partial charge in [0.05, 0.1) is 13.8 Å². The molecular weight excluding hydrogens is 183 g/mol. The SMILES string of the molecule is CCC/C(=C\CCCCF)C(=O)OC. The van der Waals surface area contributed by atoms with Crippen molar-refractivity contribution in [2.24, 2.45) is 0 Å². The Hall–Kier alpha value is -0.860. The van der Waals surface area contributed by atoms with Crippen LogP contribution < -0.4 is 0 Å². The molecule has 3 heteroatoms. The van der Waals surface area contributed by atoms with Crippen LogP contribution in [0.2, 0.25) is 0 Å². The number of alkyl halides is 1. The Morgan fingerprint density at radius 3 is 2.64 bits per heavy atom. The number of carbonyl (C=O) groups excluding carboxylic acids is 1. The molecule has 0 unspecified atom stereocenters. The zero-order valence-corrected chi connectivity index (χ0v) is 9.01. The molecule has 2 nitrogen and oxygen atoms in total. The molecule has 0 saturated heterocycles. The fourth-order valence-corrected chi connectivity index (χ4v) is 1.20. The fourth-order valence-electron chi connectivity index (χ4n) is 1.20. The Morgan fingerprint density at radius 1 is 1.43 bits per heavy atom. The van der Waals surface area contributed by atoms with Crippen molar-refractivity contribution < 1.29 is 13.9 Å². The van der Waals surface area contributed by atoms with Crippen molar-refractivity contribution >= 4 is 5.97 Å². The Bertz CT molecular complexity index is 188. The number of halogens is 1. The Kier molecular flexibility index (Phi) is 8.19. The van der Waals surface area contributed by atoms with Crippen molar-refractivity contribution in [1.29, 1.82) is 0 Å². The highest BCUT2D eigenvalue weighted by molar-refractivity contribution is 5.88. The van der Waals surface area contributed by atoms with Crippen LogP contribution in [-0.4, -0.2) is 19.8 Å². The minimum absolute atomic E-state index is 0.257. The molecule has 0 N–H and O–H groups in total. The summed E-state index contributed by atoms with van der Waals surface area (Å²) in [6.07, 6.45) is 5.64. The highest BCUT2D eigenvalue weighted by atomic mass is 19.1. The predicted molar refractivity (Wildman–Crippen MR) is 54.8 cm³/mol. The summed E-state index contributed by atoms with van der Waals surface area (Å²) in [7, 11) is 1.38. The van der Waals surface area contributed by atoms with Crippen LogP contribution in [-0.2, 0) is 9.53 Å². The number of hydrogen-bond donors (Lipinski definition) is 0. The van der Waals surface area contributed by atoms with E-state index in [9.17, 15) is 9.18 Å². The van der Waals surface area contributed by atoms with E-state index in [0.29, 0.717) is 12.0 Å². The molecule has 0 atom stereocenters. The van der Waals surface area contributed by atoms with E-state index >= 15 is 0 Å². The Morgan fingerprint density at radius 2 is 2.14 bits per heavy atom. The average Bonchev–Trinajstić information content (AvgIpc) is 2.21. The maximum absolute atomic E-state index is 11.8. The first-order valence-corrected chi connectivity index (χ1v) is 5.09. The van der Waals surface area contributed by atoms with Crippen molar-refractivity contribution in [2.45, 2.75) is 39.0 Å². The highest BCUT2D eigenvalue weighted by Gasteiger charge is 2.06. The van der Waals surface area contributed by atoms with Gasteiger partial charge in [0, 0.05) is 5.57 Å². The first-order valence-electron chi connectivity index (χ1n) is 5.09. The summed E-state index contributed by atoms with van der Waals surface area (Å²) in [4.78, 5) is 11.2. The van der Waals surface area contributed by atoms with E-state index in [-0.39, 0.29) is 12.6 Å². The number of allylic oxidation sites excluding steroid dienone is 1. The molecule has 0 aliphatic carbocycles. The van der Waals surface area contributed by atoms with Gasteiger partial charge in [-0.25, -0.2) is 4.79 Å². The van der Waals surface area contributed by atoms with Crippen molar-refractivity contribution in [3.05, 3.63) is 11.6 Å². The molecule has 0 aliphatic heterocycles. The van der Waals surface area contributed by atoms with Crippen molar-refractivity contribution in [2.75, 3.05) is 13.8 Å². The predicted octanol–water partition coefficient (Wildman–Crippen LogP) is 3.03. The Balaban J connectivity index is 3.98. The van der Waals surface area contributed by atoms with Crippen molar-refractivity contribution in [1.82, 2.24) is 0 Å². The maximum atomic E-state index is 11.8. The summed E-state index contributed by atoms with van der Waals surface area (Å²) in [5.74, 6) is -0.257. The molecule has 0 radical (unpaired) electrons. The third-order valence-electron chi connectivity index (χ3n) is 1.95. The number of rotatable bonds is 7. The average molecular weight is 202 g/mol. The van der Waals surface area contributed by atoms with Gasteiger partial charge < -0.3 is 4.74 Å². The first-order chi connectivity index (χ1) is 6.76. The molecule has 82 valence electrons. The number of unbranched alkanes of at least 4 members (excludes halogenated alkanes) is 2. The molecule has 14 heavy (non-hydrogen) atoms. The summed E-state index contributed by atoms with van der Waals surface area (Å²) in [5.41, 5.74) is 0.717. The smallest absolute Gasteiger partial charge is 0.333 e. The molecule has 0 aromatic rings. The van der Waals surface area contributed by atoms with E-state index in [0.717, 1.165) is 25.7 Å². The number of esters is 1. The summed E-state index contributed by atoms with van der Waals surface area (Å²) >= 11 is 0. The van der Waals surface area contributed by atoms with Gasteiger partial charge in [0.2, 0.25) is 0 Å². The van der Waals surface area contributed by atoms with Crippen LogP contribution in [0, 0.1) is 0 Å². The Labute approximate surface area is 85.1 Å². The normalized spacial score (nSPS) is 11.5. The van der Waals surface area contributed by atoms with Gasteiger partial charge in [-0.3, -0.25) is 4.39 Å². The number of ether oxygens (including phenoxy) is 1. The lowest BCUT2D eigenvalue weighted by molar-refractivity contribution is -0.136.